The number of piperidine rings is 1. The van der Waals surface area contributed by atoms with Crippen molar-refractivity contribution in [1.29, 1.82) is 0 Å². The van der Waals surface area contributed by atoms with Gasteiger partial charge in [0, 0.05) is 24.7 Å². The first-order valence-electron chi connectivity index (χ1n) is 7.95. The van der Waals surface area contributed by atoms with Crippen LogP contribution in [0.5, 0.6) is 0 Å². The van der Waals surface area contributed by atoms with Crippen LogP contribution in [0, 0.1) is 5.41 Å². The molecule has 22 heavy (non-hydrogen) atoms. The summed E-state index contributed by atoms with van der Waals surface area (Å²) in [5, 5.41) is 13.3. The van der Waals surface area contributed by atoms with Gasteiger partial charge in [-0.2, -0.15) is 0 Å². The summed E-state index contributed by atoms with van der Waals surface area (Å²) in [6.45, 7) is 3.70. The maximum absolute atomic E-state index is 12.5. The highest BCUT2D eigenvalue weighted by Crippen LogP contribution is 2.34. The van der Waals surface area contributed by atoms with Gasteiger partial charge in [0.15, 0.2) is 0 Å². The van der Waals surface area contributed by atoms with Gasteiger partial charge in [-0.05, 0) is 54.4 Å². The average molecular weight is 323 g/mol. The van der Waals surface area contributed by atoms with Gasteiger partial charge in [0.05, 0.1) is 6.04 Å². The number of likely N-dealkylation sites (tertiary alicyclic amines) is 1. The Labute approximate surface area is 136 Å². The van der Waals surface area contributed by atoms with Crippen molar-refractivity contribution >= 4 is 17.6 Å². The van der Waals surface area contributed by atoms with Crippen LogP contribution in [0.25, 0.3) is 0 Å². The van der Waals surface area contributed by atoms with E-state index in [0.717, 1.165) is 30.7 Å². The summed E-state index contributed by atoms with van der Waals surface area (Å²) in [6, 6.07) is 6.00. The number of benzene rings is 1. The van der Waals surface area contributed by atoms with E-state index >= 15 is 0 Å². The molecule has 120 valence electrons. The Bertz CT molecular complexity index is 568. The number of urea groups is 1. The monoisotopic (exact) mass is 322 g/mol. The van der Waals surface area contributed by atoms with Crippen molar-refractivity contribution in [2.75, 3.05) is 19.7 Å². The number of aryl methyl sites for hydroxylation is 1. The van der Waals surface area contributed by atoms with Crippen LogP contribution < -0.4 is 5.32 Å². The number of carbonyl (C=O) groups is 1. The number of carbonyl (C=O) groups excluding carboxylic acids is 1. The van der Waals surface area contributed by atoms with Gasteiger partial charge in [-0.15, -0.1) is 0 Å². The summed E-state index contributed by atoms with van der Waals surface area (Å²) in [5.41, 5.74) is 2.40. The van der Waals surface area contributed by atoms with Crippen LogP contribution in [0.3, 0.4) is 0 Å². The maximum atomic E-state index is 12.5. The van der Waals surface area contributed by atoms with E-state index in [9.17, 15) is 9.90 Å². The highest BCUT2D eigenvalue weighted by Gasteiger charge is 2.32. The van der Waals surface area contributed by atoms with Crippen molar-refractivity contribution in [3.8, 4) is 0 Å². The zero-order chi connectivity index (χ0) is 15.7. The van der Waals surface area contributed by atoms with Crippen LogP contribution in [0.15, 0.2) is 18.2 Å². The first-order chi connectivity index (χ1) is 10.5. The molecule has 0 saturated carbocycles. The van der Waals surface area contributed by atoms with Crippen LogP contribution in [-0.2, 0) is 6.42 Å². The molecule has 2 amide bonds. The summed E-state index contributed by atoms with van der Waals surface area (Å²) < 4.78 is 0. The van der Waals surface area contributed by atoms with Crippen molar-refractivity contribution in [3.05, 3.63) is 34.3 Å². The van der Waals surface area contributed by atoms with Gasteiger partial charge in [0.2, 0.25) is 0 Å². The van der Waals surface area contributed by atoms with Gasteiger partial charge < -0.3 is 15.3 Å². The lowest BCUT2D eigenvalue weighted by Gasteiger charge is -2.38. The molecule has 0 unspecified atom stereocenters. The molecule has 0 radical (unpaired) electrons. The van der Waals surface area contributed by atoms with Crippen molar-refractivity contribution in [2.24, 2.45) is 5.41 Å². The van der Waals surface area contributed by atoms with Gasteiger partial charge in [-0.25, -0.2) is 4.79 Å². The molecule has 2 N–H and O–H groups in total. The maximum Gasteiger partial charge on any atom is 0.317 e. The van der Waals surface area contributed by atoms with E-state index in [-0.39, 0.29) is 24.1 Å². The molecule has 1 atom stereocenters. The number of nitrogens with one attached hydrogen (secondary N) is 1. The third-order valence-corrected chi connectivity index (χ3v) is 5.36. The van der Waals surface area contributed by atoms with Crippen molar-refractivity contribution < 1.29 is 9.90 Å². The van der Waals surface area contributed by atoms with Gasteiger partial charge in [-0.3, -0.25) is 0 Å². The summed E-state index contributed by atoms with van der Waals surface area (Å²) in [4.78, 5) is 14.3. The minimum Gasteiger partial charge on any atom is -0.396 e. The van der Waals surface area contributed by atoms with Gasteiger partial charge in [0.1, 0.15) is 0 Å². The highest BCUT2D eigenvalue weighted by molar-refractivity contribution is 6.30. The number of fused-ring (bicyclic) bond motifs is 1. The summed E-state index contributed by atoms with van der Waals surface area (Å²) in [5.74, 6) is 0. The molecule has 3 rings (SSSR count). The minimum absolute atomic E-state index is 0.00721. The predicted octanol–water partition coefficient (Wildman–Crippen LogP) is 3.13. The van der Waals surface area contributed by atoms with Crippen LogP contribution in [0.1, 0.15) is 43.4 Å². The Kier molecular flexibility index (Phi) is 4.33. The first kappa shape index (κ1) is 15.6. The molecular weight excluding hydrogens is 300 g/mol. The lowest BCUT2D eigenvalue weighted by atomic mass is 9.81. The first-order valence-corrected chi connectivity index (χ1v) is 8.33. The molecule has 1 saturated heterocycles. The molecule has 4 nitrogen and oxygen atoms in total. The Morgan fingerprint density at radius 1 is 1.45 bits per heavy atom. The highest BCUT2D eigenvalue weighted by atomic mass is 35.5. The predicted molar refractivity (Wildman–Crippen MR) is 87.0 cm³/mol. The number of halogens is 1. The molecule has 1 fully saturated rings. The van der Waals surface area contributed by atoms with E-state index in [4.69, 9.17) is 11.6 Å². The van der Waals surface area contributed by atoms with Crippen molar-refractivity contribution in [3.63, 3.8) is 0 Å². The van der Waals surface area contributed by atoms with Crippen molar-refractivity contribution in [2.45, 2.75) is 38.6 Å². The van der Waals surface area contributed by atoms with Crippen LogP contribution in [0.4, 0.5) is 4.79 Å². The number of aliphatic hydroxyl groups excluding tert-OH is 1. The Balaban J connectivity index is 1.60. The SMILES string of the molecule is CC1(CO)CCN(C(=O)N[C@@H]2CCc3cc(Cl)ccc32)CC1. The van der Waals surface area contributed by atoms with Gasteiger partial charge in [-0.1, -0.05) is 24.6 Å². The fraction of sp³-hybridized carbons (Fsp3) is 0.588. The van der Waals surface area contributed by atoms with E-state index in [0.29, 0.717) is 13.1 Å². The quantitative estimate of drug-likeness (QED) is 0.879. The molecule has 0 bridgehead atoms. The lowest BCUT2D eigenvalue weighted by molar-refractivity contribution is 0.0694. The lowest BCUT2D eigenvalue weighted by Crippen LogP contribution is -2.48. The fourth-order valence-electron chi connectivity index (χ4n) is 3.38. The summed E-state index contributed by atoms with van der Waals surface area (Å²) in [6.07, 6.45) is 3.61. The molecular formula is C17H23ClN2O2. The molecule has 0 spiro atoms. The Morgan fingerprint density at radius 2 is 2.18 bits per heavy atom. The van der Waals surface area contributed by atoms with E-state index in [1.54, 1.807) is 0 Å². The zero-order valence-electron chi connectivity index (χ0n) is 12.9. The van der Waals surface area contributed by atoms with Crippen LogP contribution >= 0.6 is 11.6 Å². The zero-order valence-corrected chi connectivity index (χ0v) is 13.7. The van der Waals surface area contributed by atoms with Crippen LogP contribution in [0.2, 0.25) is 5.02 Å². The molecule has 1 aromatic rings. The third kappa shape index (κ3) is 3.08. The summed E-state index contributed by atoms with van der Waals surface area (Å²) in [7, 11) is 0. The van der Waals surface area contributed by atoms with E-state index < -0.39 is 0 Å². The van der Waals surface area contributed by atoms with Crippen LogP contribution in [-0.4, -0.2) is 35.7 Å². The van der Waals surface area contributed by atoms with Crippen molar-refractivity contribution in [1.82, 2.24) is 10.2 Å². The largest absolute Gasteiger partial charge is 0.396 e. The number of hydrogen-bond donors (Lipinski definition) is 2. The average Bonchev–Trinajstić information content (AvgIpc) is 2.90. The van der Waals surface area contributed by atoms with Gasteiger partial charge in [0.25, 0.3) is 0 Å². The molecule has 1 aliphatic carbocycles. The molecule has 1 heterocycles. The van der Waals surface area contributed by atoms with E-state index in [1.165, 1.54) is 11.1 Å². The number of amides is 2. The normalized spacial score (nSPS) is 23.2. The standard InChI is InChI=1S/C17H23ClN2O2/c1-17(11-21)6-8-20(9-7-17)16(22)19-15-5-2-12-10-13(18)3-4-14(12)15/h3-4,10,15,21H,2,5-9,11H2,1H3,(H,19,22)/t15-/m1/s1. The number of aliphatic hydroxyl groups is 1. The Hall–Kier alpha value is -1.26. The number of rotatable bonds is 2. The molecule has 2 aliphatic rings. The van der Waals surface area contributed by atoms with E-state index in [1.807, 2.05) is 23.1 Å². The topological polar surface area (TPSA) is 52.6 Å². The van der Waals surface area contributed by atoms with E-state index in [2.05, 4.69) is 12.2 Å². The Morgan fingerprint density at radius 3 is 2.86 bits per heavy atom. The smallest absolute Gasteiger partial charge is 0.317 e. The number of hydrogen-bond acceptors (Lipinski definition) is 2. The second-order valence-corrected chi connectivity index (χ2v) is 7.28. The minimum atomic E-state index is -0.0342. The molecule has 5 heteroatoms. The summed E-state index contributed by atoms with van der Waals surface area (Å²) >= 11 is 6.02. The third-order valence-electron chi connectivity index (χ3n) is 5.12. The molecule has 0 aromatic heterocycles. The second kappa shape index (κ2) is 6.09. The molecule has 1 aromatic carbocycles. The fourth-order valence-corrected chi connectivity index (χ4v) is 3.58. The van der Waals surface area contributed by atoms with Gasteiger partial charge >= 0.3 is 6.03 Å². The second-order valence-electron chi connectivity index (χ2n) is 6.84. The number of nitrogens with zero attached hydrogens (tertiary/aromatic N) is 1. The molecule has 1 aliphatic heterocycles.